The molecule has 1 aromatic rings. The van der Waals surface area contributed by atoms with Crippen LogP contribution in [0.3, 0.4) is 0 Å². The van der Waals surface area contributed by atoms with Gasteiger partial charge >= 0.3 is 5.97 Å². The Morgan fingerprint density at radius 3 is 2.37 bits per heavy atom. The standard InChI is InChI=1S/C15H22O4/c1-10-7-8-12(13(9-10)17-6)18-11(2)14(16)19-15(3,4)5/h7-9,11H,1-6H3. The molecule has 4 nitrogen and oxygen atoms in total. The van der Waals surface area contributed by atoms with Gasteiger partial charge in [-0.05, 0) is 52.3 Å². The van der Waals surface area contributed by atoms with E-state index in [1.165, 1.54) is 0 Å². The molecule has 1 aromatic carbocycles. The maximum Gasteiger partial charge on any atom is 0.347 e. The van der Waals surface area contributed by atoms with E-state index in [0.29, 0.717) is 11.5 Å². The predicted octanol–water partition coefficient (Wildman–Crippen LogP) is 3.11. The number of methoxy groups -OCH3 is 1. The Balaban J connectivity index is 2.76. The lowest BCUT2D eigenvalue weighted by atomic mass is 10.2. The largest absolute Gasteiger partial charge is 0.493 e. The van der Waals surface area contributed by atoms with Crippen molar-refractivity contribution in [2.24, 2.45) is 0 Å². The highest BCUT2D eigenvalue weighted by Gasteiger charge is 2.23. The Bertz CT molecular complexity index is 446. The van der Waals surface area contributed by atoms with Gasteiger partial charge in [0.05, 0.1) is 7.11 Å². The molecule has 0 aliphatic heterocycles. The summed E-state index contributed by atoms with van der Waals surface area (Å²) in [5, 5.41) is 0. The first kappa shape index (κ1) is 15.3. The Hall–Kier alpha value is -1.71. The molecule has 0 aliphatic carbocycles. The minimum absolute atomic E-state index is 0.393. The topological polar surface area (TPSA) is 44.8 Å². The summed E-state index contributed by atoms with van der Waals surface area (Å²) in [6.45, 7) is 9.09. The minimum Gasteiger partial charge on any atom is -0.493 e. The first-order valence-corrected chi connectivity index (χ1v) is 6.27. The van der Waals surface area contributed by atoms with Gasteiger partial charge in [0, 0.05) is 0 Å². The molecule has 0 radical (unpaired) electrons. The molecule has 0 fully saturated rings. The van der Waals surface area contributed by atoms with Crippen LogP contribution in [-0.4, -0.2) is 24.8 Å². The molecule has 0 aliphatic rings. The van der Waals surface area contributed by atoms with Gasteiger partial charge in [0.1, 0.15) is 5.60 Å². The molecular formula is C15H22O4. The van der Waals surface area contributed by atoms with Crippen LogP contribution in [0.2, 0.25) is 0 Å². The smallest absolute Gasteiger partial charge is 0.347 e. The summed E-state index contributed by atoms with van der Waals surface area (Å²) in [5.74, 6) is 0.747. The van der Waals surface area contributed by atoms with Gasteiger partial charge < -0.3 is 14.2 Å². The van der Waals surface area contributed by atoms with E-state index in [1.54, 1.807) is 20.1 Å². The zero-order valence-electron chi connectivity index (χ0n) is 12.4. The SMILES string of the molecule is COc1cc(C)ccc1OC(C)C(=O)OC(C)(C)C. The number of hydrogen-bond acceptors (Lipinski definition) is 4. The van der Waals surface area contributed by atoms with E-state index in [1.807, 2.05) is 39.8 Å². The van der Waals surface area contributed by atoms with Crippen LogP contribution in [0.25, 0.3) is 0 Å². The van der Waals surface area contributed by atoms with Crippen LogP contribution in [0.15, 0.2) is 18.2 Å². The van der Waals surface area contributed by atoms with Crippen molar-refractivity contribution in [3.05, 3.63) is 23.8 Å². The highest BCUT2D eigenvalue weighted by atomic mass is 16.6. The molecule has 0 amide bonds. The van der Waals surface area contributed by atoms with Gasteiger partial charge in [-0.2, -0.15) is 0 Å². The van der Waals surface area contributed by atoms with Crippen molar-refractivity contribution >= 4 is 5.97 Å². The average Bonchev–Trinajstić information content (AvgIpc) is 2.29. The fourth-order valence-corrected chi connectivity index (χ4v) is 1.50. The van der Waals surface area contributed by atoms with Crippen molar-refractivity contribution in [2.75, 3.05) is 7.11 Å². The molecule has 1 atom stereocenters. The van der Waals surface area contributed by atoms with E-state index in [9.17, 15) is 4.79 Å². The van der Waals surface area contributed by atoms with Crippen molar-refractivity contribution in [3.8, 4) is 11.5 Å². The molecule has 19 heavy (non-hydrogen) atoms. The number of carbonyl (C=O) groups excluding carboxylic acids is 1. The van der Waals surface area contributed by atoms with Crippen LogP contribution in [-0.2, 0) is 9.53 Å². The zero-order chi connectivity index (χ0) is 14.6. The number of esters is 1. The predicted molar refractivity (Wildman–Crippen MR) is 73.7 cm³/mol. The summed E-state index contributed by atoms with van der Waals surface area (Å²) >= 11 is 0. The molecule has 0 heterocycles. The minimum atomic E-state index is -0.684. The molecule has 1 unspecified atom stereocenters. The maximum atomic E-state index is 11.8. The molecule has 0 spiro atoms. The highest BCUT2D eigenvalue weighted by Crippen LogP contribution is 2.29. The van der Waals surface area contributed by atoms with Gasteiger partial charge in [0.25, 0.3) is 0 Å². The van der Waals surface area contributed by atoms with Crippen molar-refractivity contribution in [1.29, 1.82) is 0 Å². The van der Waals surface area contributed by atoms with Gasteiger partial charge in [0.2, 0.25) is 0 Å². The van der Waals surface area contributed by atoms with Crippen molar-refractivity contribution in [1.82, 2.24) is 0 Å². The van der Waals surface area contributed by atoms with Crippen LogP contribution < -0.4 is 9.47 Å². The Kier molecular flexibility index (Phi) is 4.81. The normalized spacial score (nSPS) is 12.7. The fourth-order valence-electron chi connectivity index (χ4n) is 1.50. The highest BCUT2D eigenvalue weighted by molar-refractivity contribution is 5.75. The number of aryl methyl sites for hydroxylation is 1. The summed E-state index contributed by atoms with van der Waals surface area (Å²) in [6, 6.07) is 5.55. The first-order valence-electron chi connectivity index (χ1n) is 6.27. The fraction of sp³-hybridized carbons (Fsp3) is 0.533. The van der Waals surface area contributed by atoms with Gasteiger partial charge in [-0.15, -0.1) is 0 Å². The van der Waals surface area contributed by atoms with E-state index in [4.69, 9.17) is 14.2 Å². The third-order valence-electron chi connectivity index (χ3n) is 2.36. The van der Waals surface area contributed by atoms with Gasteiger partial charge in [-0.3, -0.25) is 0 Å². The summed E-state index contributed by atoms with van der Waals surface area (Å²) in [5.41, 5.74) is 0.542. The lowest BCUT2D eigenvalue weighted by molar-refractivity contribution is -0.162. The van der Waals surface area contributed by atoms with E-state index in [2.05, 4.69) is 0 Å². The molecule has 0 saturated carbocycles. The van der Waals surface area contributed by atoms with Gasteiger partial charge in [0.15, 0.2) is 17.6 Å². The second kappa shape index (κ2) is 5.95. The summed E-state index contributed by atoms with van der Waals surface area (Å²) in [6.07, 6.45) is -0.684. The third kappa shape index (κ3) is 4.81. The molecule has 4 heteroatoms. The van der Waals surface area contributed by atoms with E-state index >= 15 is 0 Å². The van der Waals surface area contributed by atoms with Gasteiger partial charge in [-0.25, -0.2) is 4.79 Å². The lowest BCUT2D eigenvalue weighted by Gasteiger charge is -2.23. The average molecular weight is 266 g/mol. The summed E-state index contributed by atoms with van der Waals surface area (Å²) in [4.78, 5) is 11.8. The van der Waals surface area contributed by atoms with Crippen molar-refractivity contribution < 1.29 is 19.0 Å². The van der Waals surface area contributed by atoms with E-state index in [0.717, 1.165) is 5.56 Å². The number of carbonyl (C=O) groups is 1. The van der Waals surface area contributed by atoms with Crippen LogP contribution in [0, 0.1) is 6.92 Å². The number of hydrogen-bond donors (Lipinski definition) is 0. The molecule has 1 rings (SSSR count). The van der Waals surface area contributed by atoms with Crippen LogP contribution in [0.1, 0.15) is 33.3 Å². The molecule has 0 bridgehead atoms. The zero-order valence-corrected chi connectivity index (χ0v) is 12.4. The Labute approximate surface area is 114 Å². The number of benzene rings is 1. The van der Waals surface area contributed by atoms with E-state index in [-0.39, 0.29) is 0 Å². The second-order valence-electron chi connectivity index (χ2n) is 5.45. The lowest BCUT2D eigenvalue weighted by Crippen LogP contribution is -2.33. The molecule has 0 saturated heterocycles. The van der Waals surface area contributed by atoms with E-state index < -0.39 is 17.7 Å². The molecular weight excluding hydrogens is 244 g/mol. The second-order valence-corrected chi connectivity index (χ2v) is 5.45. The van der Waals surface area contributed by atoms with Gasteiger partial charge in [-0.1, -0.05) is 6.07 Å². The van der Waals surface area contributed by atoms with Crippen molar-refractivity contribution in [2.45, 2.75) is 46.3 Å². The molecule has 0 aromatic heterocycles. The third-order valence-corrected chi connectivity index (χ3v) is 2.36. The van der Waals surface area contributed by atoms with Crippen LogP contribution in [0.4, 0.5) is 0 Å². The molecule has 0 N–H and O–H groups in total. The first-order chi connectivity index (χ1) is 8.73. The number of ether oxygens (including phenoxy) is 3. The van der Waals surface area contributed by atoms with Crippen LogP contribution >= 0.6 is 0 Å². The van der Waals surface area contributed by atoms with Crippen molar-refractivity contribution in [3.63, 3.8) is 0 Å². The Morgan fingerprint density at radius 2 is 1.84 bits per heavy atom. The summed E-state index contributed by atoms with van der Waals surface area (Å²) < 4.78 is 16.1. The maximum absolute atomic E-state index is 11.8. The molecule has 106 valence electrons. The summed E-state index contributed by atoms with van der Waals surface area (Å²) in [7, 11) is 1.57. The number of rotatable bonds is 4. The monoisotopic (exact) mass is 266 g/mol. The Morgan fingerprint density at radius 1 is 1.21 bits per heavy atom. The quantitative estimate of drug-likeness (QED) is 0.785. The van der Waals surface area contributed by atoms with Crippen LogP contribution in [0.5, 0.6) is 11.5 Å².